The Morgan fingerprint density at radius 2 is 1.69 bits per heavy atom. The van der Waals surface area contributed by atoms with E-state index in [0.29, 0.717) is 6.42 Å². The lowest BCUT2D eigenvalue weighted by Gasteiger charge is -2.46. The molecule has 2 N–H and O–H groups in total. The van der Waals surface area contributed by atoms with Gasteiger partial charge in [0, 0.05) is 0 Å². The standard InChI is InChI=1S/C12H20N2O2/c1-3-11(2)9(15)14-12(10(16)13-11)7-5-4-6-8-12/h3-8H2,1-2H3,(H,13,16)(H,14,15). The molecule has 0 radical (unpaired) electrons. The maximum atomic E-state index is 12.2. The maximum Gasteiger partial charge on any atom is 0.246 e. The van der Waals surface area contributed by atoms with Crippen LogP contribution in [0, 0.1) is 0 Å². The first kappa shape index (κ1) is 11.4. The van der Waals surface area contributed by atoms with Gasteiger partial charge in [-0.2, -0.15) is 0 Å². The van der Waals surface area contributed by atoms with Crippen LogP contribution in [0.5, 0.6) is 0 Å². The molecule has 0 bridgehead atoms. The highest BCUT2D eigenvalue weighted by molar-refractivity contribution is 6.02. The topological polar surface area (TPSA) is 58.2 Å². The summed E-state index contributed by atoms with van der Waals surface area (Å²) in [4.78, 5) is 24.2. The Kier molecular flexibility index (Phi) is 2.68. The van der Waals surface area contributed by atoms with Crippen LogP contribution in [-0.4, -0.2) is 22.9 Å². The summed E-state index contributed by atoms with van der Waals surface area (Å²) < 4.78 is 0. The highest BCUT2D eigenvalue weighted by Crippen LogP contribution is 2.32. The van der Waals surface area contributed by atoms with Crippen molar-refractivity contribution >= 4 is 11.8 Å². The van der Waals surface area contributed by atoms with Crippen LogP contribution in [0.2, 0.25) is 0 Å². The minimum absolute atomic E-state index is 0.0103. The number of amides is 2. The monoisotopic (exact) mass is 224 g/mol. The van der Waals surface area contributed by atoms with Crippen molar-refractivity contribution in [2.75, 3.05) is 0 Å². The minimum atomic E-state index is -0.722. The lowest BCUT2D eigenvalue weighted by Crippen LogP contribution is -2.74. The van der Waals surface area contributed by atoms with Crippen LogP contribution in [0.4, 0.5) is 0 Å². The Bertz CT molecular complexity index is 321. The molecule has 2 aliphatic rings. The first-order chi connectivity index (χ1) is 7.52. The van der Waals surface area contributed by atoms with E-state index in [4.69, 9.17) is 0 Å². The van der Waals surface area contributed by atoms with Gasteiger partial charge in [0.1, 0.15) is 11.1 Å². The fourth-order valence-electron chi connectivity index (χ4n) is 2.60. The largest absolute Gasteiger partial charge is 0.340 e. The predicted octanol–water partition coefficient (Wildman–Crippen LogP) is 1.10. The number of nitrogens with one attached hydrogen (secondary N) is 2. The van der Waals surface area contributed by atoms with Crippen LogP contribution < -0.4 is 10.6 Å². The molecule has 1 heterocycles. The van der Waals surface area contributed by atoms with Crippen molar-refractivity contribution in [3.63, 3.8) is 0 Å². The summed E-state index contributed by atoms with van der Waals surface area (Å²) >= 11 is 0. The Balaban J connectivity index is 2.21. The molecule has 2 amide bonds. The summed E-state index contributed by atoms with van der Waals surface area (Å²) in [6, 6.07) is 0. The molecule has 1 unspecified atom stereocenters. The molecular formula is C12H20N2O2. The van der Waals surface area contributed by atoms with Gasteiger partial charge in [-0.05, 0) is 26.2 Å². The molecule has 1 saturated heterocycles. The quantitative estimate of drug-likeness (QED) is 0.701. The van der Waals surface area contributed by atoms with Gasteiger partial charge in [-0.3, -0.25) is 9.59 Å². The smallest absolute Gasteiger partial charge is 0.246 e. The Morgan fingerprint density at radius 3 is 2.25 bits per heavy atom. The van der Waals surface area contributed by atoms with Crippen molar-refractivity contribution in [3.8, 4) is 0 Å². The molecule has 0 aromatic carbocycles. The summed E-state index contributed by atoms with van der Waals surface area (Å²) in [7, 11) is 0. The average Bonchev–Trinajstić information content (AvgIpc) is 2.28. The molecule has 1 spiro atoms. The highest BCUT2D eigenvalue weighted by atomic mass is 16.2. The number of carbonyl (C=O) groups is 2. The van der Waals surface area contributed by atoms with E-state index in [9.17, 15) is 9.59 Å². The third-order valence-corrected chi connectivity index (χ3v) is 4.09. The molecule has 1 aliphatic heterocycles. The van der Waals surface area contributed by atoms with Gasteiger partial charge in [0.25, 0.3) is 0 Å². The fraction of sp³-hybridized carbons (Fsp3) is 0.833. The lowest BCUT2D eigenvalue weighted by molar-refractivity contribution is -0.147. The molecule has 4 nitrogen and oxygen atoms in total. The summed E-state index contributed by atoms with van der Waals surface area (Å²) in [5, 5.41) is 5.87. The van der Waals surface area contributed by atoms with E-state index in [1.54, 1.807) is 6.92 Å². The second-order valence-corrected chi connectivity index (χ2v) is 5.24. The van der Waals surface area contributed by atoms with Crippen molar-refractivity contribution in [1.29, 1.82) is 0 Å². The molecule has 2 rings (SSSR count). The second kappa shape index (κ2) is 3.75. The van der Waals surface area contributed by atoms with E-state index in [-0.39, 0.29) is 11.8 Å². The number of hydrogen-bond acceptors (Lipinski definition) is 2. The summed E-state index contributed by atoms with van der Waals surface area (Å²) in [6.45, 7) is 3.70. The van der Waals surface area contributed by atoms with Gasteiger partial charge in [-0.1, -0.05) is 26.2 Å². The lowest BCUT2D eigenvalue weighted by atomic mass is 9.77. The van der Waals surface area contributed by atoms with Crippen LogP contribution in [0.1, 0.15) is 52.4 Å². The molecule has 1 aliphatic carbocycles. The van der Waals surface area contributed by atoms with Gasteiger partial charge in [-0.25, -0.2) is 0 Å². The van der Waals surface area contributed by atoms with Crippen molar-refractivity contribution in [2.45, 2.75) is 63.5 Å². The van der Waals surface area contributed by atoms with Gasteiger partial charge in [0.05, 0.1) is 0 Å². The molecule has 4 heteroatoms. The Hall–Kier alpha value is -1.06. The van der Waals surface area contributed by atoms with E-state index in [1.165, 1.54) is 0 Å². The van der Waals surface area contributed by atoms with Crippen LogP contribution in [0.15, 0.2) is 0 Å². The van der Waals surface area contributed by atoms with E-state index in [2.05, 4.69) is 10.6 Å². The number of hydrogen-bond donors (Lipinski definition) is 2. The molecule has 0 aromatic heterocycles. The van der Waals surface area contributed by atoms with Crippen molar-refractivity contribution in [1.82, 2.24) is 10.6 Å². The van der Waals surface area contributed by atoms with E-state index < -0.39 is 11.1 Å². The fourth-order valence-corrected chi connectivity index (χ4v) is 2.60. The zero-order valence-corrected chi connectivity index (χ0v) is 10.1. The molecule has 0 aromatic rings. The van der Waals surface area contributed by atoms with Gasteiger partial charge in [0.2, 0.25) is 11.8 Å². The van der Waals surface area contributed by atoms with Crippen LogP contribution in [-0.2, 0) is 9.59 Å². The van der Waals surface area contributed by atoms with Gasteiger partial charge >= 0.3 is 0 Å². The summed E-state index contributed by atoms with van der Waals surface area (Å²) in [6.07, 6.45) is 5.40. The number of carbonyl (C=O) groups excluding carboxylic acids is 2. The first-order valence-corrected chi connectivity index (χ1v) is 6.18. The molecule has 16 heavy (non-hydrogen) atoms. The zero-order chi connectivity index (χ0) is 11.8. The van der Waals surface area contributed by atoms with E-state index in [0.717, 1.165) is 32.1 Å². The molecule has 2 fully saturated rings. The Labute approximate surface area is 96.2 Å². The van der Waals surface area contributed by atoms with Gasteiger partial charge in [0.15, 0.2) is 0 Å². The normalized spacial score (nSPS) is 33.4. The highest BCUT2D eigenvalue weighted by Gasteiger charge is 2.50. The second-order valence-electron chi connectivity index (χ2n) is 5.24. The maximum absolute atomic E-state index is 12.2. The number of rotatable bonds is 1. The average molecular weight is 224 g/mol. The van der Waals surface area contributed by atoms with Gasteiger partial charge in [-0.15, -0.1) is 0 Å². The SMILES string of the molecule is CCC1(C)NC(=O)C2(CCCCC2)NC1=O. The van der Waals surface area contributed by atoms with Crippen LogP contribution >= 0.6 is 0 Å². The summed E-state index contributed by atoms with van der Waals surface area (Å²) in [5.41, 5.74) is -1.33. The predicted molar refractivity (Wildman–Crippen MR) is 60.8 cm³/mol. The van der Waals surface area contributed by atoms with Crippen LogP contribution in [0.25, 0.3) is 0 Å². The molecular weight excluding hydrogens is 204 g/mol. The van der Waals surface area contributed by atoms with Crippen molar-refractivity contribution < 1.29 is 9.59 Å². The molecule has 1 atom stereocenters. The van der Waals surface area contributed by atoms with Crippen molar-refractivity contribution in [2.24, 2.45) is 0 Å². The van der Waals surface area contributed by atoms with E-state index in [1.807, 2.05) is 6.92 Å². The molecule has 1 saturated carbocycles. The number of piperazine rings is 1. The molecule has 90 valence electrons. The first-order valence-electron chi connectivity index (χ1n) is 6.18. The minimum Gasteiger partial charge on any atom is -0.340 e. The third-order valence-electron chi connectivity index (χ3n) is 4.09. The Morgan fingerprint density at radius 1 is 1.06 bits per heavy atom. The zero-order valence-electron chi connectivity index (χ0n) is 10.1. The summed E-state index contributed by atoms with van der Waals surface area (Å²) in [5.74, 6) is -0.0207. The third kappa shape index (κ3) is 1.60. The van der Waals surface area contributed by atoms with Crippen LogP contribution in [0.3, 0.4) is 0 Å². The van der Waals surface area contributed by atoms with Crippen molar-refractivity contribution in [3.05, 3.63) is 0 Å². The van der Waals surface area contributed by atoms with Gasteiger partial charge < -0.3 is 10.6 Å². The van der Waals surface area contributed by atoms with E-state index >= 15 is 0 Å².